The van der Waals surface area contributed by atoms with Gasteiger partial charge in [-0.3, -0.25) is 4.79 Å². The molecule has 4 aromatic rings. The molecule has 0 atom stereocenters. The van der Waals surface area contributed by atoms with Gasteiger partial charge >= 0.3 is 5.76 Å². The minimum Gasteiger partial charge on any atom is -0.388 e. The summed E-state index contributed by atoms with van der Waals surface area (Å²) < 4.78 is 19.6. The summed E-state index contributed by atoms with van der Waals surface area (Å²) in [5.41, 5.74) is 0.774. The highest BCUT2D eigenvalue weighted by molar-refractivity contribution is 7.17. The predicted molar refractivity (Wildman–Crippen MR) is 85.5 cm³/mol. The van der Waals surface area contributed by atoms with E-state index in [1.807, 2.05) is 0 Å². The van der Waals surface area contributed by atoms with Gasteiger partial charge in [0, 0.05) is 5.56 Å². The Morgan fingerprint density at radius 3 is 2.79 bits per heavy atom. The van der Waals surface area contributed by atoms with Gasteiger partial charge in [-0.15, -0.1) is 16.4 Å². The van der Waals surface area contributed by atoms with Crippen LogP contribution < -0.4 is 11.3 Å². The Morgan fingerprint density at radius 1 is 1.21 bits per heavy atom. The molecule has 3 heterocycles. The molecule has 1 N–H and O–H groups in total. The van der Waals surface area contributed by atoms with E-state index in [4.69, 9.17) is 4.42 Å². The molecule has 0 saturated carbocycles. The van der Waals surface area contributed by atoms with Gasteiger partial charge in [-0.05, 0) is 35.7 Å². The summed E-state index contributed by atoms with van der Waals surface area (Å²) in [7, 11) is 0. The molecule has 0 unspecified atom stereocenters. The van der Waals surface area contributed by atoms with E-state index in [-0.39, 0.29) is 18.0 Å². The number of aromatic amines is 1. The van der Waals surface area contributed by atoms with Crippen LogP contribution in [0.5, 0.6) is 0 Å². The molecule has 0 spiro atoms. The number of aromatic nitrogens is 4. The van der Waals surface area contributed by atoms with E-state index in [1.54, 1.807) is 11.4 Å². The molecule has 120 valence electrons. The fourth-order valence-corrected chi connectivity index (χ4v) is 2.98. The molecule has 9 heteroatoms. The van der Waals surface area contributed by atoms with Crippen LogP contribution in [0.1, 0.15) is 5.82 Å². The van der Waals surface area contributed by atoms with Crippen LogP contribution in [0.4, 0.5) is 4.39 Å². The largest absolute Gasteiger partial charge is 0.437 e. The third-order valence-electron chi connectivity index (χ3n) is 3.36. The lowest BCUT2D eigenvalue weighted by Crippen LogP contribution is -2.20. The van der Waals surface area contributed by atoms with Crippen molar-refractivity contribution in [3.05, 3.63) is 68.3 Å². The van der Waals surface area contributed by atoms with Crippen molar-refractivity contribution >= 4 is 21.6 Å². The summed E-state index contributed by atoms with van der Waals surface area (Å²) in [5, 5.41) is 5.83. The molecule has 4 rings (SSSR count). The monoisotopic (exact) mass is 344 g/mol. The number of thiophene rings is 1. The Balaban J connectivity index is 1.70. The Bertz CT molecular complexity index is 1140. The summed E-state index contributed by atoms with van der Waals surface area (Å²) in [6, 6.07) is 7.15. The maximum atomic E-state index is 13.0. The van der Waals surface area contributed by atoms with Crippen molar-refractivity contribution in [2.45, 2.75) is 6.54 Å². The summed E-state index contributed by atoms with van der Waals surface area (Å²) >= 11 is 1.30. The molecule has 0 fully saturated rings. The van der Waals surface area contributed by atoms with E-state index >= 15 is 0 Å². The second-order valence-corrected chi connectivity index (χ2v) is 5.90. The molecule has 1 aromatic carbocycles. The second kappa shape index (κ2) is 5.53. The first kappa shape index (κ1) is 14.5. The quantitative estimate of drug-likeness (QED) is 0.613. The summed E-state index contributed by atoms with van der Waals surface area (Å²) in [6.07, 6.45) is 0. The Hall–Kier alpha value is -3.07. The van der Waals surface area contributed by atoms with Crippen molar-refractivity contribution in [2.75, 3.05) is 0 Å². The minimum absolute atomic E-state index is 0.0371. The number of hydrogen-bond acceptors (Lipinski definition) is 6. The first-order chi connectivity index (χ1) is 11.6. The fraction of sp³-hybridized carbons (Fsp3) is 0.0667. The number of nitrogens with zero attached hydrogens (tertiary/aromatic N) is 3. The van der Waals surface area contributed by atoms with Gasteiger partial charge in [-0.2, -0.15) is 4.68 Å². The molecule has 24 heavy (non-hydrogen) atoms. The van der Waals surface area contributed by atoms with Crippen LogP contribution in [0.2, 0.25) is 0 Å². The maximum absolute atomic E-state index is 13.0. The summed E-state index contributed by atoms with van der Waals surface area (Å²) in [6.45, 7) is -0.0371. The highest BCUT2D eigenvalue weighted by Crippen LogP contribution is 2.16. The summed E-state index contributed by atoms with van der Waals surface area (Å²) in [4.78, 5) is 30.8. The van der Waals surface area contributed by atoms with Crippen LogP contribution >= 0.6 is 11.3 Å². The maximum Gasteiger partial charge on any atom is 0.437 e. The van der Waals surface area contributed by atoms with E-state index in [2.05, 4.69) is 15.1 Å². The zero-order valence-electron chi connectivity index (χ0n) is 12.0. The molecule has 0 radical (unpaired) electrons. The van der Waals surface area contributed by atoms with E-state index in [0.717, 1.165) is 4.68 Å². The SMILES string of the molecule is O=c1[nH]c(Cn2nc(-c3ccc(F)cc3)oc2=O)nc2ccsc12. The summed E-state index contributed by atoms with van der Waals surface area (Å²) in [5.74, 6) is -0.723. The molecular weight excluding hydrogens is 335 g/mol. The molecule has 0 aliphatic rings. The highest BCUT2D eigenvalue weighted by atomic mass is 32.1. The van der Waals surface area contributed by atoms with Gasteiger partial charge < -0.3 is 9.40 Å². The van der Waals surface area contributed by atoms with Crippen molar-refractivity contribution in [3.8, 4) is 11.5 Å². The lowest BCUT2D eigenvalue weighted by Gasteiger charge is -1.99. The van der Waals surface area contributed by atoms with E-state index in [0.29, 0.717) is 21.6 Å². The van der Waals surface area contributed by atoms with Crippen molar-refractivity contribution in [1.29, 1.82) is 0 Å². The van der Waals surface area contributed by atoms with Crippen molar-refractivity contribution in [3.63, 3.8) is 0 Å². The van der Waals surface area contributed by atoms with Gasteiger partial charge in [0.15, 0.2) is 0 Å². The van der Waals surface area contributed by atoms with E-state index in [1.165, 1.54) is 35.6 Å². The van der Waals surface area contributed by atoms with Crippen molar-refractivity contribution in [2.24, 2.45) is 0 Å². The molecule has 0 amide bonds. The van der Waals surface area contributed by atoms with E-state index < -0.39 is 11.6 Å². The lowest BCUT2D eigenvalue weighted by atomic mass is 10.2. The van der Waals surface area contributed by atoms with Gasteiger partial charge in [0.05, 0.1) is 5.52 Å². The van der Waals surface area contributed by atoms with Crippen LogP contribution in [-0.2, 0) is 6.54 Å². The standard InChI is InChI=1S/C15H9FN4O3S/c16-9-3-1-8(2-4-9)14-19-20(15(22)23-14)7-11-17-10-5-6-24-12(10)13(21)18-11/h1-6H,7H2,(H,17,18,21). The van der Waals surface area contributed by atoms with Crippen molar-refractivity contribution < 1.29 is 8.81 Å². The van der Waals surface area contributed by atoms with Crippen LogP contribution in [0.25, 0.3) is 21.7 Å². The third kappa shape index (κ3) is 2.54. The van der Waals surface area contributed by atoms with Gasteiger partial charge in [-0.25, -0.2) is 14.2 Å². The highest BCUT2D eigenvalue weighted by Gasteiger charge is 2.13. The van der Waals surface area contributed by atoms with Gasteiger partial charge in [0.25, 0.3) is 5.56 Å². The molecule has 0 aliphatic carbocycles. The first-order valence-electron chi connectivity index (χ1n) is 6.90. The molecule has 0 saturated heterocycles. The zero-order valence-corrected chi connectivity index (χ0v) is 12.8. The molecule has 7 nitrogen and oxygen atoms in total. The molecule has 3 aromatic heterocycles. The van der Waals surface area contributed by atoms with Gasteiger partial charge in [-0.1, -0.05) is 0 Å². The smallest absolute Gasteiger partial charge is 0.388 e. The van der Waals surface area contributed by atoms with Crippen molar-refractivity contribution in [1.82, 2.24) is 19.7 Å². The lowest BCUT2D eigenvalue weighted by molar-refractivity contribution is 0.491. The number of H-pyrrole nitrogens is 1. The molecule has 0 bridgehead atoms. The number of benzene rings is 1. The molecular formula is C15H9FN4O3S. The number of hydrogen-bond donors (Lipinski definition) is 1. The number of rotatable bonds is 3. The topological polar surface area (TPSA) is 93.8 Å². The Kier molecular flexibility index (Phi) is 3.35. The van der Waals surface area contributed by atoms with Crippen LogP contribution in [-0.4, -0.2) is 19.7 Å². The first-order valence-corrected chi connectivity index (χ1v) is 7.78. The average Bonchev–Trinajstić information content (AvgIpc) is 3.16. The van der Waals surface area contributed by atoms with Crippen LogP contribution in [0.3, 0.4) is 0 Å². The predicted octanol–water partition coefficient (Wildman–Crippen LogP) is 1.99. The number of nitrogens with one attached hydrogen (secondary N) is 1. The van der Waals surface area contributed by atoms with Crippen LogP contribution in [0, 0.1) is 5.82 Å². The van der Waals surface area contributed by atoms with E-state index in [9.17, 15) is 14.0 Å². The van der Waals surface area contributed by atoms with Gasteiger partial charge in [0.2, 0.25) is 5.89 Å². The second-order valence-electron chi connectivity index (χ2n) is 4.99. The third-order valence-corrected chi connectivity index (χ3v) is 4.26. The van der Waals surface area contributed by atoms with Gasteiger partial charge in [0.1, 0.15) is 22.9 Å². The van der Waals surface area contributed by atoms with Crippen LogP contribution in [0.15, 0.2) is 49.7 Å². The average molecular weight is 344 g/mol. The zero-order chi connectivity index (χ0) is 16.7. The molecule has 0 aliphatic heterocycles. The minimum atomic E-state index is -0.692. The Morgan fingerprint density at radius 2 is 2.00 bits per heavy atom. The number of fused-ring (bicyclic) bond motifs is 1. The fourth-order valence-electron chi connectivity index (χ4n) is 2.25. The normalized spacial score (nSPS) is 11.2. The number of halogens is 1. The Labute approximate surface area is 137 Å².